The Bertz CT molecular complexity index is 1660. The SMILES string of the molecule is COc1ccc(CN(c2ncns2)S(=O)(=O)c2cc(F)c(OC[C@H]3COCC[C@@H]3c3ccc(F)cc3)cc2F)c(OC)c1. The first-order chi connectivity index (χ1) is 20.7. The van der Waals surface area contributed by atoms with Crippen molar-refractivity contribution >= 4 is 26.7 Å². The maximum atomic E-state index is 15.5. The molecule has 1 fully saturated rings. The molecule has 5 rings (SSSR count). The maximum Gasteiger partial charge on any atom is 0.269 e. The maximum absolute atomic E-state index is 15.5. The molecule has 0 aliphatic carbocycles. The highest BCUT2D eigenvalue weighted by atomic mass is 32.2. The van der Waals surface area contributed by atoms with Gasteiger partial charge in [0.25, 0.3) is 10.0 Å². The molecule has 0 amide bonds. The second kappa shape index (κ2) is 13.2. The molecule has 2 atom stereocenters. The van der Waals surface area contributed by atoms with Gasteiger partial charge in [-0.15, -0.1) is 0 Å². The Labute approximate surface area is 251 Å². The van der Waals surface area contributed by atoms with Crippen LogP contribution in [0.25, 0.3) is 0 Å². The van der Waals surface area contributed by atoms with E-state index in [1.54, 1.807) is 30.3 Å². The third-order valence-electron chi connectivity index (χ3n) is 7.15. The summed E-state index contributed by atoms with van der Waals surface area (Å²) >= 11 is 0.776. The molecule has 4 aromatic rings. The van der Waals surface area contributed by atoms with Crippen LogP contribution in [0.15, 0.2) is 65.8 Å². The topological polar surface area (TPSA) is 100 Å². The van der Waals surface area contributed by atoms with Crippen LogP contribution in [0.4, 0.5) is 18.3 Å². The number of aromatic nitrogens is 2. The number of rotatable bonds is 11. The van der Waals surface area contributed by atoms with E-state index in [0.29, 0.717) is 48.8 Å². The molecule has 2 heterocycles. The lowest BCUT2D eigenvalue weighted by Gasteiger charge is -2.32. The van der Waals surface area contributed by atoms with Gasteiger partial charge in [-0.3, -0.25) is 0 Å². The predicted octanol–water partition coefficient (Wildman–Crippen LogP) is 5.57. The fourth-order valence-electron chi connectivity index (χ4n) is 4.91. The predicted molar refractivity (Wildman–Crippen MR) is 153 cm³/mol. The van der Waals surface area contributed by atoms with E-state index in [1.165, 1.54) is 26.4 Å². The van der Waals surface area contributed by atoms with Gasteiger partial charge in [0, 0.05) is 47.8 Å². The summed E-state index contributed by atoms with van der Waals surface area (Å²) in [6.07, 6.45) is 1.81. The Kier molecular flexibility index (Phi) is 9.37. The number of halogens is 3. The second-order valence-electron chi connectivity index (χ2n) is 9.72. The number of benzene rings is 3. The number of nitrogens with zero attached hydrogens (tertiary/aromatic N) is 3. The fourth-order valence-corrected chi connectivity index (χ4v) is 7.10. The summed E-state index contributed by atoms with van der Waals surface area (Å²) in [5.41, 5.74) is 1.31. The van der Waals surface area contributed by atoms with E-state index >= 15 is 8.78 Å². The molecule has 1 aliphatic heterocycles. The third-order valence-corrected chi connectivity index (χ3v) is 9.71. The van der Waals surface area contributed by atoms with Crippen molar-refractivity contribution < 1.29 is 40.5 Å². The minimum Gasteiger partial charge on any atom is -0.497 e. The molecule has 1 aliphatic rings. The van der Waals surface area contributed by atoms with Crippen LogP contribution in [0.5, 0.6) is 17.2 Å². The van der Waals surface area contributed by atoms with Gasteiger partial charge in [-0.2, -0.15) is 4.37 Å². The van der Waals surface area contributed by atoms with Crippen molar-refractivity contribution in [3.8, 4) is 17.2 Å². The normalized spacial score (nSPS) is 17.0. The Hall–Kier alpha value is -3.88. The van der Waals surface area contributed by atoms with Gasteiger partial charge in [-0.05, 0) is 42.2 Å². The summed E-state index contributed by atoms with van der Waals surface area (Å²) in [5.74, 6) is -2.53. The van der Waals surface area contributed by atoms with Crippen molar-refractivity contribution in [2.45, 2.75) is 23.8 Å². The number of ether oxygens (including phenoxy) is 4. The minimum absolute atomic E-state index is 0.0291. The van der Waals surface area contributed by atoms with Gasteiger partial charge in [0.05, 0.1) is 34.0 Å². The number of sulfonamides is 1. The van der Waals surface area contributed by atoms with Crippen LogP contribution in [0.3, 0.4) is 0 Å². The van der Waals surface area contributed by atoms with Crippen LogP contribution in [0, 0.1) is 23.4 Å². The summed E-state index contributed by atoms with van der Waals surface area (Å²) in [4.78, 5) is 3.10. The lowest BCUT2D eigenvalue weighted by molar-refractivity contribution is 0.0199. The van der Waals surface area contributed by atoms with Crippen LogP contribution in [0.2, 0.25) is 0 Å². The molecule has 14 heteroatoms. The highest BCUT2D eigenvalue weighted by Crippen LogP contribution is 2.36. The van der Waals surface area contributed by atoms with Crippen LogP contribution in [-0.4, -0.2) is 51.8 Å². The molecule has 1 saturated heterocycles. The Balaban J connectivity index is 1.40. The molecular weight excluding hydrogens is 607 g/mol. The quantitative estimate of drug-likeness (QED) is 0.211. The smallest absolute Gasteiger partial charge is 0.269 e. The van der Waals surface area contributed by atoms with Crippen molar-refractivity contribution in [2.24, 2.45) is 5.92 Å². The lowest BCUT2D eigenvalue weighted by Crippen LogP contribution is -2.32. The zero-order chi connectivity index (χ0) is 30.6. The monoisotopic (exact) mass is 635 g/mol. The zero-order valence-electron chi connectivity index (χ0n) is 23.2. The average molecular weight is 636 g/mol. The standard InChI is InChI=1S/C29H28F3N3O6S2/c1-38-22-8-5-19(26(11-22)39-2)14-35(29-33-17-34-42-29)43(36,37)28-13-24(31)27(12-25(28)32)41-16-20-15-40-10-9-23(20)18-3-6-21(30)7-4-18/h3-8,11-13,17,20,23H,9-10,14-16H2,1-2H3/t20-,23-/m1/s1. The van der Waals surface area contributed by atoms with E-state index in [0.717, 1.165) is 27.7 Å². The van der Waals surface area contributed by atoms with Crippen molar-refractivity contribution in [1.29, 1.82) is 0 Å². The molecule has 9 nitrogen and oxygen atoms in total. The number of methoxy groups -OCH3 is 2. The van der Waals surface area contributed by atoms with E-state index in [4.69, 9.17) is 18.9 Å². The van der Waals surface area contributed by atoms with E-state index in [2.05, 4.69) is 9.36 Å². The molecule has 0 spiro atoms. The largest absolute Gasteiger partial charge is 0.497 e. The average Bonchev–Trinajstić information content (AvgIpc) is 3.55. The van der Waals surface area contributed by atoms with E-state index in [-0.39, 0.29) is 35.9 Å². The van der Waals surface area contributed by atoms with Gasteiger partial charge in [-0.25, -0.2) is 30.9 Å². The molecule has 0 radical (unpaired) electrons. The zero-order valence-corrected chi connectivity index (χ0v) is 24.8. The number of hydrogen-bond acceptors (Lipinski definition) is 9. The summed E-state index contributed by atoms with van der Waals surface area (Å²) in [6, 6.07) is 12.2. The molecule has 1 aromatic heterocycles. The summed E-state index contributed by atoms with van der Waals surface area (Å²) in [6.45, 7) is 0.473. The molecule has 0 bridgehead atoms. The van der Waals surface area contributed by atoms with Crippen molar-refractivity contribution in [2.75, 3.05) is 38.3 Å². The third kappa shape index (κ3) is 6.71. The van der Waals surface area contributed by atoms with Gasteiger partial charge >= 0.3 is 0 Å². The van der Waals surface area contributed by atoms with Gasteiger partial charge in [0.1, 0.15) is 34.4 Å². The van der Waals surface area contributed by atoms with Crippen molar-refractivity contribution in [1.82, 2.24) is 9.36 Å². The van der Waals surface area contributed by atoms with Crippen molar-refractivity contribution in [3.05, 3.63) is 89.5 Å². The molecule has 0 unspecified atom stereocenters. The summed E-state index contributed by atoms with van der Waals surface area (Å²) < 4.78 is 98.3. The lowest BCUT2D eigenvalue weighted by atomic mass is 9.83. The van der Waals surface area contributed by atoms with Crippen molar-refractivity contribution in [3.63, 3.8) is 0 Å². The minimum atomic E-state index is -4.68. The Morgan fingerprint density at radius 2 is 1.79 bits per heavy atom. The molecule has 3 aromatic carbocycles. The first kappa shape index (κ1) is 30.6. The Morgan fingerprint density at radius 1 is 1.00 bits per heavy atom. The number of anilines is 1. The second-order valence-corrected chi connectivity index (χ2v) is 12.3. The van der Waals surface area contributed by atoms with Gasteiger partial charge in [-0.1, -0.05) is 12.1 Å². The molecule has 0 N–H and O–H groups in total. The van der Waals surface area contributed by atoms with Gasteiger partial charge in [0.15, 0.2) is 11.6 Å². The van der Waals surface area contributed by atoms with Crippen LogP contribution in [-0.2, 0) is 21.3 Å². The van der Waals surface area contributed by atoms with Crippen LogP contribution < -0.4 is 18.5 Å². The fraction of sp³-hybridized carbons (Fsp3) is 0.310. The van der Waals surface area contributed by atoms with E-state index < -0.39 is 32.3 Å². The number of hydrogen-bond donors (Lipinski definition) is 0. The van der Waals surface area contributed by atoms with Gasteiger partial charge < -0.3 is 18.9 Å². The van der Waals surface area contributed by atoms with Gasteiger partial charge in [0.2, 0.25) is 5.13 Å². The van der Waals surface area contributed by atoms with Crippen LogP contribution >= 0.6 is 11.5 Å². The molecule has 43 heavy (non-hydrogen) atoms. The first-order valence-corrected chi connectivity index (χ1v) is 15.4. The first-order valence-electron chi connectivity index (χ1n) is 13.2. The summed E-state index contributed by atoms with van der Waals surface area (Å²) in [5, 5.41) is -0.0536. The molecule has 228 valence electrons. The van der Waals surface area contributed by atoms with Crippen LogP contribution in [0.1, 0.15) is 23.5 Å². The highest BCUT2D eigenvalue weighted by Gasteiger charge is 2.33. The van der Waals surface area contributed by atoms with E-state index in [9.17, 15) is 12.8 Å². The molecular formula is C29H28F3N3O6S2. The highest BCUT2D eigenvalue weighted by molar-refractivity contribution is 7.93. The van der Waals surface area contributed by atoms with E-state index in [1.807, 2.05) is 0 Å². The molecule has 0 saturated carbocycles. The Morgan fingerprint density at radius 3 is 2.49 bits per heavy atom. The summed E-state index contributed by atoms with van der Waals surface area (Å²) in [7, 11) is -1.79.